The Labute approximate surface area is 145 Å². The number of hydrazone groups is 1. The highest BCUT2D eigenvalue weighted by Gasteiger charge is 2.05. The van der Waals surface area contributed by atoms with E-state index in [-0.39, 0.29) is 12.0 Å². The Balaban J connectivity index is 1.97. The number of ether oxygens (including phenoxy) is 1. The first-order valence-corrected chi connectivity index (χ1v) is 7.76. The van der Waals surface area contributed by atoms with Gasteiger partial charge in [0.05, 0.1) is 17.3 Å². The first kappa shape index (κ1) is 17.3. The molecule has 4 nitrogen and oxygen atoms in total. The van der Waals surface area contributed by atoms with E-state index in [1.807, 2.05) is 13.8 Å². The molecule has 0 heterocycles. The Kier molecular flexibility index (Phi) is 6.02. The van der Waals surface area contributed by atoms with E-state index >= 15 is 0 Å². The van der Waals surface area contributed by atoms with Gasteiger partial charge in [-0.3, -0.25) is 4.79 Å². The molecule has 0 aliphatic carbocycles. The zero-order valence-electron chi connectivity index (χ0n) is 12.7. The second-order valence-electron chi connectivity index (χ2n) is 5.06. The van der Waals surface area contributed by atoms with Gasteiger partial charge >= 0.3 is 0 Å². The molecule has 6 heteroatoms. The number of hydrogen-bond acceptors (Lipinski definition) is 3. The lowest BCUT2D eigenvalue weighted by molar-refractivity contribution is 0.0955. The number of halogens is 2. The van der Waals surface area contributed by atoms with Crippen molar-refractivity contribution in [2.75, 3.05) is 0 Å². The Bertz CT molecular complexity index is 713. The standard InChI is InChI=1S/C17H16Cl2N2O2/c1-11(2)23-15-7-4-12(5-8-15)17(22)21-20-10-13-3-6-14(18)9-16(13)19/h3-11H,1-2H3,(H,21,22)/b20-10-. The molecule has 0 fully saturated rings. The molecule has 1 amide bonds. The molecule has 0 atom stereocenters. The molecule has 0 saturated heterocycles. The molecule has 120 valence electrons. The van der Waals surface area contributed by atoms with E-state index < -0.39 is 0 Å². The normalized spacial score (nSPS) is 11.0. The van der Waals surface area contributed by atoms with Crippen LogP contribution < -0.4 is 10.2 Å². The fourth-order valence-electron chi connectivity index (χ4n) is 1.79. The van der Waals surface area contributed by atoms with E-state index in [1.54, 1.807) is 42.5 Å². The molecular weight excluding hydrogens is 335 g/mol. The lowest BCUT2D eigenvalue weighted by atomic mass is 10.2. The number of nitrogens with one attached hydrogen (secondary N) is 1. The molecular formula is C17H16Cl2N2O2. The van der Waals surface area contributed by atoms with Crippen molar-refractivity contribution < 1.29 is 9.53 Å². The van der Waals surface area contributed by atoms with E-state index in [1.165, 1.54) is 6.21 Å². The number of benzene rings is 2. The summed E-state index contributed by atoms with van der Waals surface area (Å²) in [6, 6.07) is 11.9. The van der Waals surface area contributed by atoms with Crippen LogP contribution in [-0.4, -0.2) is 18.2 Å². The highest BCUT2D eigenvalue weighted by molar-refractivity contribution is 6.36. The molecule has 2 aromatic carbocycles. The molecule has 2 rings (SSSR count). The van der Waals surface area contributed by atoms with Crippen LogP contribution in [0.5, 0.6) is 5.75 Å². The molecule has 0 aromatic heterocycles. The lowest BCUT2D eigenvalue weighted by Crippen LogP contribution is -2.17. The van der Waals surface area contributed by atoms with E-state index in [0.29, 0.717) is 26.9 Å². The summed E-state index contributed by atoms with van der Waals surface area (Å²) in [5.41, 5.74) is 3.60. The van der Waals surface area contributed by atoms with Crippen molar-refractivity contribution in [1.29, 1.82) is 0 Å². The first-order chi connectivity index (χ1) is 11.0. The summed E-state index contributed by atoms with van der Waals surface area (Å²) in [4.78, 5) is 12.0. The summed E-state index contributed by atoms with van der Waals surface area (Å²) in [5, 5.41) is 4.90. The summed E-state index contributed by atoms with van der Waals surface area (Å²) >= 11 is 11.8. The average Bonchev–Trinajstić information content (AvgIpc) is 2.49. The van der Waals surface area contributed by atoms with Gasteiger partial charge in [0.1, 0.15) is 5.75 Å². The predicted molar refractivity (Wildman–Crippen MR) is 93.7 cm³/mol. The molecule has 0 saturated carbocycles. The number of rotatable bonds is 5. The molecule has 23 heavy (non-hydrogen) atoms. The van der Waals surface area contributed by atoms with Crippen LogP contribution in [0.1, 0.15) is 29.8 Å². The molecule has 0 spiro atoms. The second-order valence-corrected chi connectivity index (χ2v) is 5.90. The second kappa shape index (κ2) is 7.99. The lowest BCUT2D eigenvalue weighted by Gasteiger charge is -2.09. The van der Waals surface area contributed by atoms with Gasteiger partial charge in [0.2, 0.25) is 0 Å². The zero-order valence-corrected chi connectivity index (χ0v) is 14.2. The largest absolute Gasteiger partial charge is 0.491 e. The fraction of sp³-hybridized carbons (Fsp3) is 0.176. The van der Waals surface area contributed by atoms with Gasteiger partial charge in [-0.05, 0) is 50.2 Å². The maximum Gasteiger partial charge on any atom is 0.271 e. The van der Waals surface area contributed by atoms with Crippen molar-refractivity contribution in [2.45, 2.75) is 20.0 Å². The highest BCUT2D eigenvalue weighted by Crippen LogP contribution is 2.19. The Morgan fingerprint density at radius 2 is 1.87 bits per heavy atom. The molecule has 0 aliphatic rings. The molecule has 0 radical (unpaired) electrons. The Morgan fingerprint density at radius 3 is 2.48 bits per heavy atom. The van der Waals surface area contributed by atoms with E-state index in [4.69, 9.17) is 27.9 Å². The minimum absolute atomic E-state index is 0.0865. The van der Waals surface area contributed by atoms with Crippen LogP contribution in [0.4, 0.5) is 0 Å². The fourth-order valence-corrected chi connectivity index (χ4v) is 2.25. The van der Waals surface area contributed by atoms with Crippen molar-refractivity contribution >= 4 is 35.3 Å². The van der Waals surface area contributed by atoms with Gasteiger partial charge in [-0.25, -0.2) is 5.43 Å². The summed E-state index contributed by atoms with van der Waals surface area (Å²) in [6.07, 6.45) is 1.55. The molecule has 1 N–H and O–H groups in total. The molecule has 2 aromatic rings. The van der Waals surface area contributed by atoms with Crippen LogP contribution in [-0.2, 0) is 0 Å². The van der Waals surface area contributed by atoms with Gasteiger partial charge in [-0.15, -0.1) is 0 Å². The Hall–Kier alpha value is -2.04. The van der Waals surface area contributed by atoms with Crippen LogP contribution in [0, 0.1) is 0 Å². The first-order valence-electron chi connectivity index (χ1n) is 7.01. The molecule has 0 bridgehead atoms. The van der Waals surface area contributed by atoms with Gasteiger partial charge in [0, 0.05) is 16.1 Å². The summed E-state index contributed by atoms with van der Waals surface area (Å²) in [7, 11) is 0. The van der Waals surface area contributed by atoms with Crippen molar-refractivity contribution in [3.8, 4) is 5.75 Å². The predicted octanol–water partition coefficient (Wildman–Crippen LogP) is 4.54. The van der Waals surface area contributed by atoms with Crippen LogP contribution >= 0.6 is 23.2 Å². The van der Waals surface area contributed by atoms with Crippen molar-refractivity contribution in [1.82, 2.24) is 5.43 Å². The van der Waals surface area contributed by atoms with Gasteiger partial charge in [-0.1, -0.05) is 29.3 Å². The van der Waals surface area contributed by atoms with Crippen molar-refractivity contribution in [3.63, 3.8) is 0 Å². The topological polar surface area (TPSA) is 50.7 Å². The zero-order chi connectivity index (χ0) is 16.8. The highest BCUT2D eigenvalue weighted by atomic mass is 35.5. The minimum atomic E-state index is -0.317. The quantitative estimate of drug-likeness (QED) is 0.635. The SMILES string of the molecule is CC(C)Oc1ccc(C(=O)N/N=C\c2ccc(Cl)cc2Cl)cc1. The third-order valence-electron chi connectivity index (χ3n) is 2.82. The van der Waals surface area contributed by atoms with Crippen molar-refractivity contribution in [2.24, 2.45) is 5.10 Å². The van der Waals surface area contributed by atoms with Crippen LogP contribution in [0.25, 0.3) is 0 Å². The number of nitrogens with zero attached hydrogens (tertiary/aromatic N) is 1. The summed E-state index contributed by atoms with van der Waals surface area (Å²) in [6.45, 7) is 3.88. The van der Waals surface area contributed by atoms with E-state index in [0.717, 1.165) is 0 Å². The number of hydrogen-bond donors (Lipinski definition) is 1. The summed E-state index contributed by atoms with van der Waals surface area (Å²) < 4.78 is 5.52. The smallest absolute Gasteiger partial charge is 0.271 e. The number of amides is 1. The van der Waals surface area contributed by atoms with Crippen LogP contribution in [0.2, 0.25) is 10.0 Å². The Morgan fingerprint density at radius 1 is 1.17 bits per heavy atom. The van der Waals surface area contributed by atoms with Crippen LogP contribution in [0.15, 0.2) is 47.6 Å². The maximum absolute atomic E-state index is 12.0. The third-order valence-corrected chi connectivity index (χ3v) is 3.38. The van der Waals surface area contributed by atoms with Gasteiger partial charge in [0.15, 0.2) is 0 Å². The van der Waals surface area contributed by atoms with Gasteiger partial charge < -0.3 is 4.74 Å². The van der Waals surface area contributed by atoms with Crippen molar-refractivity contribution in [3.05, 3.63) is 63.6 Å². The van der Waals surface area contributed by atoms with E-state index in [9.17, 15) is 4.79 Å². The van der Waals surface area contributed by atoms with Gasteiger partial charge in [0.25, 0.3) is 5.91 Å². The van der Waals surface area contributed by atoms with Gasteiger partial charge in [-0.2, -0.15) is 5.10 Å². The third kappa shape index (κ3) is 5.27. The summed E-state index contributed by atoms with van der Waals surface area (Å²) in [5.74, 6) is 0.399. The molecule has 0 aliphatic heterocycles. The number of carbonyl (C=O) groups excluding carboxylic acids is 1. The molecule has 0 unspecified atom stereocenters. The maximum atomic E-state index is 12.0. The monoisotopic (exact) mass is 350 g/mol. The number of carbonyl (C=O) groups is 1. The minimum Gasteiger partial charge on any atom is -0.491 e. The average molecular weight is 351 g/mol. The van der Waals surface area contributed by atoms with Crippen LogP contribution in [0.3, 0.4) is 0 Å². The van der Waals surface area contributed by atoms with E-state index in [2.05, 4.69) is 10.5 Å².